The lowest BCUT2D eigenvalue weighted by Crippen LogP contribution is -2.47. The van der Waals surface area contributed by atoms with Crippen LogP contribution in [0.3, 0.4) is 0 Å². The van der Waals surface area contributed by atoms with Crippen molar-refractivity contribution in [2.45, 2.75) is 57.4 Å². The molecule has 1 atom stereocenters. The largest absolute Gasteiger partial charge is 0.340 e. The van der Waals surface area contributed by atoms with Gasteiger partial charge in [0.05, 0.1) is 4.90 Å². The van der Waals surface area contributed by atoms with Crippen molar-refractivity contribution in [3.63, 3.8) is 0 Å². The second kappa shape index (κ2) is 10.9. The summed E-state index contributed by atoms with van der Waals surface area (Å²) < 4.78 is 28.1. The summed E-state index contributed by atoms with van der Waals surface area (Å²) in [6, 6.07) is 12.8. The van der Waals surface area contributed by atoms with Gasteiger partial charge in [-0.25, -0.2) is 8.42 Å². The van der Waals surface area contributed by atoms with Crippen LogP contribution in [-0.4, -0.2) is 43.7 Å². The topological polar surface area (TPSA) is 95.6 Å². The van der Waals surface area contributed by atoms with E-state index in [1.807, 2.05) is 19.9 Å². The van der Waals surface area contributed by atoms with Gasteiger partial charge in [-0.15, -0.1) is 0 Å². The van der Waals surface area contributed by atoms with Crippen LogP contribution in [0.4, 0.5) is 5.69 Å². The van der Waals surface area contributed by atoms with Gasteiger partial charge in [-0.3, -0.25) is 9.59 Å². The summed E-state index contributed by atoms with van der Waals surface area (Å²) >= 11 is 0. The standard InChI is InChI=1S/C25H33N3O4S/c1-18(2)23(27-24(29)20-11-7-6-8-12-20)25(30)26-21-14-13-19(3)22(17-21)33(31,32)28-15-9-4-5-10-16-28/h6-8,11-14,17-18,23H,4-5,9-10,15-16H2,1-3H3,(H,26,30)(H,27,29)/t23-/m1/s1. The third-order valence-corrected chi connectivity index (χ3v) is 7.95. The number of nitrogens with zero attached hydrogens (tertiary/aromatic N) is 1. The van der Waals surface area contributed by atoms with Crippen molar-refractivity contribution in [2.24, 2.45) is 5.92 Å². The minimum absolute atomic E-state index is 0.164. The number of anilines is 1. The fourth-order valence-corrected chi connectivity index (χ4v) is 5.71. The molecule has 0 aromatic heterocycles. The smallest absolute Gasteiger partial charge is 0.251 e. The first kappa shape index (κ1) is 24.9. The summed E-state index contributed by atoms with van der Waals surface area (Å²) in [4.78, 5) is 25.8. The molecule has 0 unspecified atom stereocenters. The molecule has 7 nitrogen and oxygen atoms in total. The molecular weight excluding hydrogens is 438 g/mol. The Morgan fingerprint density at radius 3 is 2.18 bits per heavy atom. The van der Waals surface area contributed by atoms with Gasteiger partial charge in [0.25, 0.3) is 5.91 Å². The van der Waals surface area contributed by atoms with Crippen LogP contribution >= 0.6 is 0 Å². The number of rotatable bonds is 7. The fourth-order valence-electron chi connectivity index (χ4n) is 3.95. The summed E-state index contributed by atoms with van der Waals surface area (Å²) in [6.07, 6.45) is 3.77. The zero-order chi connectivity index (χ0) is 24.0. The Kier molecular flexibility index (Phi) is 8.26. The number of amides is 2. The molecule has 1 aliphatic heterocycles. The normalized spacial score (nSPS) is 16.1. The number of sulfonamides is 1. The first-order valence-corrected chi connectivity index (χ1v) is 12.9. The molecule has 1 aliphatic rings. The maximum absolute atomic E-state index is 13.3. The van der Waals surface area contributed by atoms with Crippen molar-refractivity contribution in [1.29, 1.82) is 0 Å². The SMILES string of the molecule is Cc1ccc(NC(=O)[C@H](NC(=O)c2ccccc2)C(C)C)cc1S(=O)(=O)N1CCCCCC1. The molecule has 0 aliphatic carbocycles. The van der Waals surface area contributed by atoms with Gasteiger partial charge in [0.2, 0.25) is 15.9 Å². The first-order valence-electron chi connectivity index (χ1n) is 11.5. The molecule has 1 fully saturated rings. The molecule has 1 heterocycles. The van der Waals surface area contributed by atoms with Gasteiger partial charge in [0, 0.05) is 24.3 Å². The summed E-state index contributed by atoms with van der Waals surface area (Å²) in [7, 11) is -3.65. The van der Waals surface area contributed by atoms with Gasteiger partial charge >= 0.3 is 0 Å². The van der Waals surface area contributed by atoms with Crippen molar-refractivity contribution in [3.05, 3.63) is 59.7 Å². The van der Waals surface area contributed by atoms with Crippen molar-refractivity contribution < 1.29 is 18.0 Å². The second-order valence-corrected chi connectivity index (χ2v) is 10.8. The predicted molar refractivity (Wildman–Crippen MR) is 130 cm³/mol. The lowest BCUT2D eigenvalue weighted by Gasteiger charge is -2.23. The lowest BCUT2D eigenvalue weighted by atomic mass is 10.0. The van der Waals surface area contributed by atoms with E-state index in [0.717, 1.165) is 25.7 Å². The van der Waals surface area contributed by atoms with Crippen molar-refractivity contribution in [2.75, 3.05) is 18.4 Å². The zero-order valence-corrected chi connectivity index (χ0v) is 20.3. The summed E-state index contributed by atoms with van der Waals surface area (Å²) in [6.45, 7) is 6.48. The number of benzene rings is 2. The van der Waals surface area contributed by atoms with Crippen LogP contribution in [0.15, 0.2) is 53.4 Å². The van der Waals surface area contributed by atoms with Crippen LogP contribution in [0, 0.1) is 12.8 Å². The summed E-state index contributed by atoms with van der Waals surface area (Å²) in [5.41, 5.74) is 1.49. The molecule has 178 valence electrons. The van der Waals surface area contributed by atoms with Crippen LogP contribution in [0.1, 0.15) is 55.5 Å². The lowest BCUT2D eigenvalue weighted by molar-refractivity contribution is -0.118. The number of nitrogens with one attached hydrogen (secondary N) is 2. The van der Waals surface area contributed by atoms with Crippen LogP contribution in [0.25, 0.3) is 0 Å². The third-order valence-electron chi connectivity index (χ3n) is 5.91. The molecule has 1 saturated heterocycles. The Morgan fingerprint density at radius 1 is 0.939 bits per heavy atom. The Morgan fingerprint density at radius 2 is 1.58 bits per heavy atom. The van der Waals surface area contributed by atoms with E-state index in [1.54, 1.807) is 47.6 Å². The van der Waals surface area contributed by atoms with Gasteiger partial charge < -0.3 is 10.6 Å². The van der Waals surface area contributed by atoms with Gasteiger partial charge in [-0.1, -0.05) is 51.0 Å². The average Bonchev–Trinajstić information content (AvgIpc) is 3.09. The van der Waals surface area contributed by atoms with Crippen molar-refractivity contribution in [3.8, 4) is 0 Å². The van der Waals surface area contributed by atoms with E-state index in [1.165, 1.54) is 6.07 Å². The Bertz CT molecular complexity index is 1080. The monoisotopic (exact) mass is 471 g/mol. The van der Waals surface area contributed by atoms with Gasteiger partial charge in [-0.05, 0) is 55.5 Å². The van der Waals surface area contributed by atoms with E-state index in [2.05, 4.69) is 10.6 Å². The molecule has 8 heteroatoms. The highest BCUT2D eigenvalue weighted by atomic mass is 32.2. The highest BCUT2D eigenvalue weighted by Crippen LogP contribution is 2.26. The van der Waals surface area contributed by atoms with E-state index in [4.69, 9.17) is 0 Å². The molecule has 0 saturated carbocycles. The first-order chi connectivity index (χ1) is 15.7. The minimum Gasteiger partial charge on any atom is -0.340 e. The number of hydrogen-bond donors (Lipinski definition) is 2. The minimum atomic E-state index is -3.65. The maximum Gasteiger partial charge on any atom is 0.251 e. The van der Waals surface area contributed by atoms with E-state index in [0.29, 0.717) is 29.9 Å². The quantitative estimate of drug-likeness (QED) is 0.639. The molecule has 3 rings (SSSR count). The van der Waals surface area contributed by atoms with Crippen molar-refractivity contribution in [1.82, 2.24) is 9.62 Å². The highest BCUT2D eigenvalue weighted by Gasteiger charge is 2.28. The zero-order valence-electron chi connectivity index (χ0n) is 19.5. The van der Waals surface area contributed by atoms with Crippen LogP contribution in [-0.2, 0) is 14.8 Å². The van der Waals surface area contributed by atoms with Crippen molar-refractivity contribution >= 4 is 27.5 Å². The number of aryl methyl sites for hydroxylation is 1. The van der Waals surface area contributed by atoms with Crippen LogP contribution in [0.2, 0.25) is 0 Å². The predicted octanol–water partition coefficient (Wildman–Crippen LogP) is 3.95. The van der Waals surface area contributed by atoms with E-state index in [-0.39, 0.29) is 16.7 Å². The molecule has 2 amide bonds. The molecule has 33 heavy (non-hydrogen) atoms. The Hall–Kier alpha value is -2.71. The Balaban J connectivity index is 1.79. The number of hydrogen-bond acceptors (Lipinski definition) is 4. The molecule has 2 aromatic rings. The van der Waals surface area contributed by atoms with Gasteiger partial charge in [0.15, 0.2) is 0 Å². The number of carbonyl (C=O) groups excluding carboxylic acids is 2. The molecule has 2 aromatic carbocycles. The van der Waals surface area contributed by atoms with Crippen LogP contribution in [0.5, 0.6) is 0 Å². The molecule has 2 N–H and O–H groups in total. The van der Waals surface area contributed by atoms with Crippen LogP contribution < -0.4 is 10.6 Å². The van der Waals surface area contributed by atoms with E-state index < -0.39 is 22.0 Å². The van der Waals surface area contributed by atoms with Gasteiger partial charge in [-0.2, -0.15) is 4.31 Å². The fraction of sp³-hybridized carbons (Fsp3) is 0.440. The maximum atomic E-state index is 13.3. The average molecular weight is 472 g/mol. The molecule has 0 spiro atoms. The van der Waals surface area contributed by atoms with E-state index >= 15 is 0 Å². The third kappa shape index (κ3) is 6.21. The number of carbonyl (C=O) groups is 2. The molecule has 0 radical (unpaired) electrons. The Labute approximate surface area is 196 Å². The molecular formula is C25H33N3O4S. The van der Waals surface area contributed by atoms with Gasteiger partial charge in [0.1, 0.15) is 6.04 Å². The second-order valence-electron chi connectivity index (χ2n) is 8.85. The summed E-state index contributed by atoms with van der Waals surface area (Å²) in [5, 5.41) is 5.59. The summed E-state index contributed by atoms with van der Waals surface area (Å²) in [5.74, 6) is -0.891. The highest BCUT2D eigenvalue weighted by molar-refractivity contribution is 7.89. The molecule has 0 bridgehead atoms. The van der Waals surface area contributed by atoms with E-state index in [9.17, 15) is 18.0 Å².